The van der Waals surface area contributed by atoms with E-state index in [1.165, 1.54) is 0 Å². The molecule has 0 unspecified atom stereocenters. The van der Waals surface area contributed by atoms with Gasteiger partial charge in [0.05, 0.1) is 12.1 Å². The van der Waals surface area contributed by atoms with Gasteiger partial charge < -0.3 is 0 Å². The third-order valence-corrected chi connectivity index (χ3v) is 1.66. The molecule has 0 saturated carbocycles. The third kappa shape index (κ3) is 3.23. The standard InChI is InChI=1S/C10H14N2O/c1-3-4-5-10(13)8-9-6-7-12(2)11-9/h4-7H,3,8H2,1-2H3/b5-4+. The summed E-state index contributed by atoms with van der Waals surface area (Å²) in [5, 5.41) is 4.12. The fraction of sp³-hybridized carbons (Fsp3) is 0.400. The lowest BCUT2D eigenvalue weighted by molar-refractivity contribution is -0.114. The summed E-state index contributed by atoms with van der Waals surface area (Å²) < 4.78 is 1.70. The Labute approximate surface area is 78.1 Å². The molecule has 70 valence electrons. The Balaban J connectivity index is 2.50. The fourth-order valence-electron chi connectivity index (χ4n) is 1.04. The number of aromatic nitrogens is 2. The minimum absolute atomic E-state index is 0.112. The number of aryl methyl sites for hydroxylation is 1. The quantitative estimate of drug-likeness (QED) is 0.655. The van der Waals surface area contributed by atoms with Crippen LogP contribution in [-0.2, 0) is 18.3 Å². The molecule has 0 aliphatic carbocycles. The van der Waals surface area contributed by atoms with Crippen LogP contribution in [0, 0.1) is 0 Å². The zero-order valence-electron chi connectivity index (χ0n) is 8.03. The Kier molecular flexibility index (Phi) is 3.43. The summed E-state index contributed by atoms with van der Waals surface area (Å²) in [5.41, 5.74) is 0.827. The second kappa shape index (κ2) is 4.60. The van der Waals surface area contributed by atoms with Crippen molar-refractivity contribution in [3.63, 3.8) is 0 Å². The van der Waals surface area contributed by atoms with Crippen molar-refractivity contribution in [1.29, 1.82) is 0 Å². The summed E-state index contributed by atoms with van der Waals surface area (Å²) in [6, 6.07) is 1.86. The molecule has 1 aromatic heterocycles. The molecule has 3 heteroatoms. The molecule has 1 rings (SSSR count). The topological polar surface area (TPSA) is 34.9 Å². The van der Waals surface area contributed by atoms with Crippen molar-refractivity contribution < 1.29 is 4.79 Å². The highest BCUT2D eigenvalue weighted by atomic mass is 16.1. The SMILES string of the molecule is CC/C=C/C(=O)Cc1ccn(C)n1. The molecule has 3 nitrogen and oxygen atoms in total. The van der Waals surface area contributed by atoms with E-state index in [-0.39, 0.29) is 5.78 Å². The highest BCUT2D eigenvalue weighted by Gasteiger charge is 2.01. The number of nitrogens with zero attached hydrogens (tertiary/aromatic N) is 2. The Morgan fingerprint density at radius 3 is 3.00 bits per heavy atom. The number of carbonyl (C=O) groups excluding carboxylic acids is 1. The van der Waals surface area contributed by atoms with Crippen molar-refractivity contribution in [2.24, 2.45) is 7.05 Å². The van der Waals surface area contributed by atoms with Crippen LogP contribution in [0.15, 0.2) is 24.4 Å². The molecule has 0 radical (unpaired) electrons. The van der Waals surface area contributed by atoms with E-state index in [0.717, 1.165) is 12.1 Å². The Morgan fingerprint density at radius 1 is 1.69 bits per heavy atom. The minimum Gasteiger partial charge on any atom is -0.294 e. The Bertz CT molecular complexity index is 312. The van der Waals surface area contributed by atoms with Crippen molar-refractivity contribution in [3.05, 3.63) is 30.1 Å². The number of hydrogen-bond acceptors (Lipinski definition) is 2. The highest BCUT2D eigenvalue weighted by Crippen LogP contribution is 1.97. The van der Waals surface area contributed by atoms with Gasteiger partial charge in [-0.25, -0.2) is 0 Å². The summed E-state index contributed by atoms with van der Waals surface area (Å²) in [7, 11) is 1.84. The molecule has 0 aliphatic heterocycles. The van der Waals surface area contributed by atoms with Crippen molar-refractivity contribution in [1.82, 2.24) is 9.78 Å². The van der Waals surface area contributed by atoms with Crippen molar-refractivity contribution in [2.75, 3.05) is 0 Å². The fourth-order valence-corrected chi connectivity index (χ4v) is 1.04. The van der Waals surface area contributed by atoms with Gasteiger partial charge >= 0.3 is 0 Å². The van der Waals surface area contributed by atoms with Gasteiger partial charge in [-0.2, -0.15) is 5.10 Å². The van der Waals surface area contributed by atoms with Crippen LogP contribution in [0.3, 0.4) is 0 Å². The van der Waals surface area contributed by atoms with Crippen molar-refractivity contribution in [2.45, 2.75) is 19.8 Å². The first-order valence-corrected chi connectivity index (χ1v) is 4.40. The Morgan fingerprint density at radius 2 is 2.46 bits per heavy atom. The van der Waals surface area contributed by atoms with Crippen molar-refractivity contribution in [3.8, 4) is 0 Å². The number of allylic oxidation sites excluding steroid dienone is 2. The van der Waals surface area contributed by atoms with Crippen LogP contribution in [-0.4, -0.2) is 15.6 Å². The van der Waals surface area contributed by atoms with Gasteiger partial charge in [0, 0.05) is 13.2 Å². The van der Waals surface area contributed by atoms with E-state index in [9.17, 15) is 4.79 Å². The van der Waals surface area contributed by atoms with Crippen LogP contribution in [0.25, 0.3) is 0 Å². The molecule has 1 heterocycles. The summed E-state index contributed by atoms with van der Waals surface area (Å²) in [4.78, 5) is 11.2. The zero-order valence-corrected chi connectivity index (χ0v) is 8.03. The van der Waals surface area contributed by atoms with E-state index in [2.05, 4.69) is 5.10 Å². The summed E-state index contributed by atoms with van der Waals surface area (Å²) in [6.45, 7) is 2.00. The molecule has 0 saturated heterocycles. The number of hydrogen-bond donors (Lipinski definition) is 0. The minimum atomic E-state index is 0.112. The third-order valence-electron chi connectivity index (χ3n) is 1.66. The van der Waals surface area contributed by atoms with Crippen LogP contribution in [0.4, 0.5) is 0 Å². The first-order valence-electron chi connectivity index (χ1n) is 4.40. The van der Waals surface area contributed by atoms with E-state index in [0.29, 0.717) is 6.42 Å². The maximum absolute atomic E-state index is 11.2. The largest absolute Gasteiger partial charge is 0.294 e. The highest BCUT2D eigenvalue weighted by molar-refractivity contribution is 5.91. The molecule has 1 aromatic rings. The van der Waals surface area contributed by atoms with E-state index < -0.39 is 0 Å². The van der Waals surface area contributed by atoms with Crippen LogP contribution >= 0.6 is 0 Å². The number of carbonyl (C=O) groups is 1. The van der Waals surface area contributed by atoms with Gasteiger partial charge in [0.15, 0.2) is 5.78 Å². The van der Waals surface area contributed by atoms with Gasteiger partial charge in [0.1, 0.15) is 0 Å². The maximum Gasteiger partial charge on any atom is 0.161 e. The molecule has 0 fully saturated rings. The summed E-state index contributed by atoms with van der Waals surface area (Å²) in [5.74, 6) is 0.112. The second-order valence-electron chi connectivity index (χ2n) is 2.93. The molecule has 0 spiro atoms. The number of rotatable bonds is 4. The smallest absolute Gasteiger partial charge is 0.161 e. The number of ketones is 1. The second-order valence-corrected chi connectivity index (χ2v) is 2.93. The van der Waals surface area contributed by atoms with E-state index >= 15 is 0 Å². The van der Waals surface area contributed by atoms with Crippen molar-refractivity contribution >= 4 is 5.78 Å². The lowest BCUT2D eigenvalue weighted by atomic mass is 10.2. The molecule has 13 heavy (non-hydrogen) atoms. The van der Waals surface area contributed by atoms with Crippen LogP contribution in [0.1, 0.15) is 19.0 Å². The molecule has 0 amide bonds. The van der Waals surface area contributed by atoms with Gasteiger partial charge in [-0.15, -0.1) is 0 Å². The lowest BCUT2D eigenvalue weighted by Gasteiger charge is -1.90. The first kappa shape index (κ1) is 9.71. The average molecular weight is 178 g/mol. The molecular weight excluding hydrogens is 164 g/mol. The molecule has 0 atom stereocenters. The molecule has 0 aromatic carbocycles. The molecule has 0 N–H and O–H groups in total. The van der Waals surface area contributed by atoms with Gasteiger partial charge in [-0.1, -0.05) is 13.0 Å². The maximum atomic E-state index is 11.2. The van der Waals surface area contributed by atoms with Crippen LogP contribution < -0.4 is 0 Å². The molecule has 0 aliphatic rings. The predicted molar refractivity (Wildman–Crippen MR) is 51.4 cm³/mol. The van der Waals surface area contributed by atoms with Gasteiger partial charge in [-0.05, 0) is 18.6 Å². The molecule has 0 bridgehead atoms. The average Bonchev–Trinajstić information content (AvgIpc) is 2.48. The summed E-state index contributed by atoms with van der Waals surface area (Å²) in [6.07, 6.45) is 6.62. The van der Waals surface area contributed by atoms with Crippen LogP contribution in [0.2, 0.25) is 0 Å². The monoisotopic (exact) mass is 178 g/mol. The van der Waals surface area contributed by atoms with Gasteiger partial charge in [0.25, 0.3) is 0 Å². The zero-order chi connectivity index (χ0) is 9.68. The Hall–Kier alpha value is -1.38. The predicted octanol–water partition coefficient (Wildman–Crippen LogP) is 1.50. The van der Waals surface area contributed by atoms with Gasteiger partial charge in [0.2, 0.25) is 0 Å². The summed E-state index contributed by atoms with van der Waals surface area (Å²) >= 11 is 0. The normalized spacial score (nSPS) is 10.9. The van der Waals surface area contributed by atoms with E-state index in [4.69, 9.17) is 0 Å². The first-order chi connectivity index (χ1) is 6.22. The van der Waals surface area contributed by atoms with E-state index in [1.807, 2.05) is 32.3 Å². The van der Waals surface area contributed by atoms with Gasteiger partial charge in [-0.3, -0.25) is 9.48 Å². The van der Waals surface area contributed by atoms with E-state index in [1.54, 1.807) is 10.8 Å². The lowest BCUT2D eigenvalue weighted by Crippen LogP contribution is -2.00. The van der Waals surface area contributed by atoms with Crippen LogP contribution in [0.5, 0.6) is 0 Å². The molecular formula is C10H14N2O.